The first kappa shape index (κ1) is 11.2. The Bertz CT molecular complexity index is 717. The van der Waals surface area contributed by atoms with Crippen molar-refractivity contribution in [1.29, 1.82) is 0 Å². The number of benzene rings is 3. The van der Waals surface area contributed by atoms with Crippen molar-refractivity contribution >= 4 is 21.5 Å². The molecule has 0 aromatic heterocycles. The maximum absolute atomic E-state index is 9.45. The first-order chi connectivity index (χ1) is 8.83. The lowest BCUT2D eigenvalue weighted by Gasteiger charge is -2.10. The number of rotatable bonds is 2. The lowest BCUT2D eigenvalue weighted by atomic mass is 9.96. The molecule has 18 heavy (non-hydrogen) atoms. The van der Waals surface area contributed by atoms with E-state index < -0.39 is 0 Å². The standard InChI is InChI=1S/C16H14O2/c17-9-11-7-13(10-18)15-6-5-12-3-1-2-4-14(12)16(15)8-11/h1-8,17-18H,9-10H2. The molecule has 0 amide bonds. The van der Waals surface area contributed by atoms with Crippen molar-refractivity contribution < 1.29 is 10.2 Å². The van der Waals surface area contributed by atoms with Gasteiger partial charge in [0.2, 0.25) is 0 Å². The van der Waals surface area contributed by atoms with E-state index in [0.717, 1.165) is 27.3 Å². The summed E-state index contributed by atoms with van der Waals surface area (Å²) in [5, 5.41) is 23.2. The fraction of sp³-hybridized carbons (Fsp3) is 0.125. The highest BCUT2D eigenvalue weighted by molar-refractivity contribution is 6.08. The monoisotopic (exact) mass is 238 g/mol. The van der Waals surface area contributed by atoms with E-state index in [-0.39, 0.29) is 13.2 Å². The molecule has 0 aliphatic rings. The highest BCUT2D eigenvalue weighted by Gasteiger charge is 2.06. The van der Waals surface area contributed by atoms with Gasteiger partial charge in [-0.1, -0.05) is 42.5 Å². The van der Waals surface area contributed by atoms with E-state index in [0.29, 0.717) is 0 Å². The lowest BCUT2D eigenvalue weighted by molar-refractivity contribution is 0.276. The van der Waals surface area contributed by atoms with Gasteiger partial charge in [0, 0.05) is 0 Å². The molecule has 0 spiro atoms. The van der Waals surface area contributed by atoms with Gasteiger partial charge in [0.1, 0.15) is 0 Å². The summed E-state index contributed by atoms with van der Waals surface area (Å²) in [5.41, 5.74) is 1.70. The van der Waals surface area contributed by atoms with Crippen LogP contribution in [0.3, 0.4) is 0 Å². The second kappa shape index (κ2) is 4.41. The van der Waals surface area contributed by atoms with Gasteiger partial charge in [0.15, 0.2) is 0 Å². The fourth-order valence-corrected chi connectivity index (χ4v) is 2.48. The summed E-state index contributed by atoms with van der Waals surface area (Å²) in [5.74, 6) is 0. The van der Waals surface area contributed by atoms with Gasteiger partial charge in [-0.05, 0) is 38.7 Å². The summed E-state index contributed by atoms with van der Waals surface area (Å²) < 4.78 is 0. The molecule has 0 radical (unpaired) electrons. The molecule has 0 aliphatic heterocycles. The minimum Gasteiger partial charge on any atom is -0.392 e. The summed E-state index contributed by atoms with van der Waals surface area (Å²) >= 11 is 0. The molecular weight excluding hydrogens is 224 g/mol. The second-order valence-electron chi connectivity index (χ2n) is 4.45. The Kier molecular flexibility index (Phi) is 2.74. The van der Waals surface area contributed by atoms with Crippen LogP contribution in [0.4, 0.5) is 0 Å². The smallest absolute Gasteiger partial charge is 0.0687 e. The average Bonchev–Trinajstić information content (AvgIpc) is 2.45. The SMILES string of the molecule is OCc1cc(CO)c2ccc3ccccc3c2c1. The highest BCUT2D eigenvalue weighted by atomic mass is 16.3. The van der Waals surface area contributed by atoms with E-state index in [4.69, 9.17) is 0 Å². The molecule has 0 atom stereocenters. The van der Waals surface area contributed by atoms with Crippen LogP contribution in [-0.2, 0) is 13.2 Å². The third-order valence-electron chi connectivity index (χ3n) is 3.36. The van der Waals surface area contributed by atoms with Gasteiger partial charge in [-0.3, -0.25) is 0 Å². The van der Waals surface area contributed by atoms with Crippen molar-refractivity contribution in [3.63, 3.8) is 0 Å². The Balaban J connectivity index is 2.48. The minimum absolute atomic E-state index is 0.00778. The molecule has 0 saturated carbocycles. The van der Waals surface area contributed by atoms with Crippen molar-refractivity contribution in [2.45, 2.75) is 13.2 Å². The summed E-state index contributed by atoms with van der Waals surface area (Å²) in [6, 6.07) is 16.1. The van der Waals surface area contributed by atoms with E-state index in [9.17, 15) is 10.2 Å². The molecule has 0 aliphatic carbocycles. The highest BCUT2D eigenvalue weighted by Crippen LogP contribution is 2.29. The Morgan fingerprint density at radius 3 is 2.33 bits per heavy atom. The molecule has 0 fully saturated rings. The van der Waals surface area contributed by atoms with Crippen molar-refractivity contribution in [1.82, 2.24) is 0 Å². The van der Waals surface area contributed by atoms with Crippen LogP contribution in [0.2, 0.25) is 0 Å². The first-order valence-electron chi connectivity index (χ1n) is 5.98. The summed E-state index contributed by atoms with van der Waals surface area (Å²) in [4.78, 5) is 0. The predicted molar refractivity (Wildman–Crippen MR) is 73.3 cm³/mol. The van der Waals surface area contributed by atoms with Gasteiger partial charge in [-0.25, -0.2) is 0 Å². The van der Waals surface area contributed by atoms with Crippen LogP contribution in [-0.4, -0.2) is 10.2 Å². The number of hydrogen-bond donors (Lipinski definition) is 2. The zero-order valence-electron chi connectivity index (χ0n) is 9.93. The van der Waals surface area contributed by atoms with Gasteiger partial charge in [-0.2, -0.15) is 0 Å². The van der Waals surface area contributed by atoms with Crippen molar-refractivity contribution in [3.8, 4) is 0 Å². The molecule has 3 aromatic rings. The Labute approximate surface area is 105 Å². The molecule has 0 bridgehead atoms. The molecule has 0 unspecified atom stereocenters. The Hall–Kier alpha value is -1.90. The van der Waals surface area contributed by atoms with E-state index >= 15 is 0 Å². The number of fused-ring (bicyclic) bond motifs is 3. The minimum atomic E-state index is -0.0112. The zero-order valence-corrected chi connectivity index (χ0v) is 9.93. The summed E-state index contributed by atoms with van der Waals surface area (Å²) in [6.45, 7) is -0.0190. The molecule has 2 heteroatoms. The third-order valence-corrected chi connectivity index (χ3v) is 3.36. The van der Waals surface area contributed by atoms with Crippen LogP contribution in [0, 0.1) is 0 Å². The molecule has 3 aromatic carbocycles. The normalized spacial score (nSPS) is 11.2. The molecule has 90 valence electrons. The van der Waals surface area contributed by atoms with Crippen molar-refractivity contribution in [2.75, 3.05) is 0 Å². The van der Waals surface area contributed by atoms with Crippen LogP contribution in [0.5, 0.6) is 0 Å². The van der Waals surface area contributed by atoms with Gasteiger partial charge in [0.05, 0.1) is 13.2 Å². The first-order valence-corrected chi connectivity index (χ1v) is 5.98. The van der Waals surface area contributed by atoms with Crippen LogP contribution < -0.4 is 0 Å². The lowest BCUT2D eigenvalue weighted by Crippen LogP contribution is -1.92. The number of aliphatic hydroxyl groups is 2. The number of aliphatic hydroxyl groups excluding tert-OH is 2. The zero-order chi connectivity index (χ0) is 12.5. The second-order valence-corrected chi connectivity index (χ2v) is 4.45. The molecule has 2 nitrogen and oxygen atoms in total. The molecule has 2 N–H and O–H groups in total. The molecular formula is C16H14O2. The van der Waals surface area contributed by atoms with E-state index in [1.807, 2.05) is 30.3 Å². The van der Waals surface area contributed by atoms with Crippen LogP contribution >= 0.6 is 0 Å². The quantitative estimate of drug-likeness (QED) is 0.674. The van der Waals surface area contributed by atoms with Crippen LogP contribution in [0.15, 0.2) is 48.5 Å². The van der Waals surface area contributed by atoms with E-state index in [1.54, 1.807) is 0 Å². The topological polar surface area (TPSA) is 40.5 Å². The Morgan fingerprint density at radius 2 is 1.56 bits per heavy atom. The maximum atomic E-state index is 9.45. The van der Waals surface area contributed by atoms with Gasteiger partial charge < -0.3 is 10.2 Å². The largest absolute Gasteiger partial charge is 0.392 e. The third kappa shape index (κ3) is 1.67. The predicted octanol–water partition coefficient (Wildman–Crippen LogP) is 2.98. The number of hydrogen-bond acceptors (Lipinski definition) is 2. The fourth-order valence-electron chi connectivity index (χ4n) is 2.48. The summed E-state index contributed by atoms with van der Waals surface area (Å²) in [6.07, 6.45) is 0. The van der Waals surface area contributed by atoms with Gasteiger partial charge in [0.25, 0.3) is 0 Å². The van der Waals surface area contributed by atoms with Crippen molar-refractivity contribution in [3.05, 3.63) is 59.7 Å². The van der Waals surface area contributed by atoms with Gasteiger partial charge >= 0.3 is 0 Å². The molecule has 0 saturated heterocycles. The van der Waals surface area contributed by atoms with Gasteiger partial charge in [-0.15, -0.1) is 0 Å². The summed E-state index contributed by atoms with van der Waals surface area (Å²) in [7, 11) is 0. The maximum Gasteiger partial charge on any atom is 0.0687 e. The van der Waals surface area contributed by atoms with E-state index in [1.165, 1.54) is 5.39 Å². The van der Waals surface area contributed by atoms with Crippen molar-refractivity contribution in [2.24, 2.45) is 0 Å². The molecule has 3 rings (SSSR count). The van der Waals surface area contributed by atoms with E-state index in [2.05, 4.69) is 18.2 Å². The average molecular weight is 238 g/mol. The molecule has 0 heterocycles. The Morgan fingerprint density at radius 1 is 0.722 bits per heavy atom. The van der Waals surface area contributed by atoms with Crippen LogP contribution in [0.1, 0.15) is 11.1 Å². The van der Waals surface area contributed by atoms with Crippen LogP contribution in [0.25, 0.3) is 21.5 Å².